The lowest BCUT2D eigenvalue weighted by Gasteiger charge is -2.07. The molecule has 0 spiro atoms. The number of nitrogens with zero attached hydrogens (tertiary/aromatic N) is 1. The van der Waals surface area contributed by atoms with Crippen LogP contribution in [0.3, 0.4) is 0 Å². The molecule has 3 rings (SSSR count). The SMILES string of the molecule is Cc1ccc(Sc2ccccc2-c2csc(N)n2)cc1.I. The molecule has 5 heteroatoms. The van der Waals surface area contributed by atoms with Crippen LogP contribution >= 0.6 is 47.1 Å². The first-order valence-electron chi connectivity index (χ1n) is 6.27. The van der Waals surface area contributed by atoms with Gasteiger partial charge in [0.15, 0.2) is 5.13 Å². The number of anilines is 1. The molecular weight excluding hydrogens is 411 g/mol. The van der Waals surface area contributed by atoms with Crippen LogP contribution in [0.15, 0.2) is 63.7 Å². The highest BCUT2D eigenvalue weighted by Gasteiger charge is 2.09. The van der Waals surface area contributed by atoms with Gasteiger partial charge in [0, 0.05) is 20.7 Å². The van der Waals surface area contributed by atoms with E-state index in [-0.39, 0.29) is 24.0 Å². The van der Waals surface area contributed by atoms with Crippen molar-refractivity contribution in [2.24, 2.45) is 0 Å². The third-order valence-electron chi connectivity index (χ3n) is 2.93. The zero-order chi connectivity index (χ0) is 13.9. The minimum absolute atomic E-state index is 0. The Hall–Kier alpha value is -1.05. The van der Waals surface area contributed by atoms with E-state index >= 15 is 0 Å². The smallest absolute Gasteiger partial charge is 0.180 e. The van der Waals surface area contributed by atoms with Crippen LogP contribution in [-0.2, 0) is 0 Å². The summed E-state index contributed by atoms with van der Waals surface area (Å²) in [5, 5.41) is 2.61. The molecule has 0 aliphatic rings. The Bertz CT molecular complexity index is 723. The molecule has 0 saturated carbocycles. The number of aryl methyl sites for hydroxylation is 1. The Morgan fingerprint density at radius 2 is 1.76 bits per heavy atom. The summed E-state index contributed by atoms with van der Waals surface area (Å²) >= 11 is 3.22. The summed E-state index contributed by atoms with van der Waals surface area (Å²) in [6.45, 7) is 2.10. The van der Waals surface area contributed by atoms with E-state index in [0.717, 1.165) is 11.3 Å². The Kier molecular flexibility index (Phi) is 5.66. The van der Waals surface area contributed by atoms with E-state index in [4.69, 9.17) is 5.73 Å². The number of hydrogen-bond acceptors (Lipinski definition) is 4. The van der Waals surface area contributed by atoms with Crippen molar-refractivity contribution in [2.45, 2.75) is 16.7 Å². The molecule has 0 atom stereocenters. The molecule has 2 N–H and O–H groups in total. The second kappa shape index (κ2) is 7.29. The maximum Gasteiger partial charge on any atom is 0.180 e. The average molecular weight is 426 g/mol. The average Bonchev–Trinajstić information content (AvgIpc) is 2.88. The molecule has 0 radical (unpaired) electrons. The minimum atomic E-state index is 0. The highest BCUT2D eigenvalue weighted by atomic mass is 127. The molecule has 0 bridgehead atoms. The molecule has 3 aromatic rings. The first kappa shape index (κ1) is 16.3. The van der Waals surface area contributed by atoms with E-state index in [9.17, 15) is 0 Å². The number of nitrogens with two attached hydrogens (primary N) is 1. The van der Waals surface area contributed by atoms with Crippen LogP contribution in [0, 0.1) is 6.92 Å². The molecular formula is C16H15IN2S2. The van der Waals surface area contributed by atoms with Crippen LogP contribution in [0.25, 0.3) is 11.3 Å². The summed E-state index contributed by atoms with van der Waals surface area (Å²) in [4.78, 5) is 6.80. The Labute approximate surface area is 149 Å². The highest BCUT2D eigenvalue weighted by Crippen LogP contribution is 2.36. The van der Waals surface area contributed by atoms with Crippen LogP contribution < -0.4 is 5.73 Å². The van der Waals surface area contributed by atoms with Gasteiger partial charge in [0.25, 0.3) is 0 Å². The molecule has 1 heterocycles. The fourth-order valence-corrected chi connectivity index (χ4v) is 3.43. The maximum atomic E-state index is 5.74. The second-order valence-electron chi connectivity index (χ2n) is 4.48. The number of rotatable bonds is 3. The Morgan fingerprint density at radius 1 is 1.05 bits per heavy atom. The predicted molar refractivity (Wildman–Crippen MR) is 103 cm³/mol. The molecule has 0 aliphatic carbocycles. The summed E-state index contributed by atoms with van der Waals surface area (Å²) < 4.78 is 0. The zero-order valence-corrected chi connectivity index (χ0v) is 15.4. The molecule has 2 aromatic carbocycles. The van der Waals surface area contributed by atoms with Crippen molar-refractivity contribution in [2.75, 3.05) is 5.73 Å². The van der Waals surface area contributed by atoms with E-state index < -0.39 is 0 Å². The molecule has 0 fully saturated rings. The number of aromatic nitrogens is 1. The molecule has 21 heavy (non-hydrogen) atoms. The van der Waals surface area contributed by atoms with Gasteiger partial charge in [-0.2, -0.15) is 0 Å². The standard InChI is InChI=1S/C16H14N2S2.HI/c1-11-6-8-12(9-7-11)20-15-5-3-2-4-13(15)14-10-19-16(17)18-14;/h2-10H,1H3,(H2,17,18);1H. The first-order valence-corrected chi connectivity index (χ1v) is 7.97. The van der Waals surface area contributed by atoms with Crippen molar-refractivity contribution in [1.82, 2.24) is 4.98 Å². The van der Waals surface area contributed by atoms with E-state index in [1.807, 2.05) is 11.4 Å². The fourth-order valence-electron chi connectivity index (χ4n) is 1.91. The number of benzene rings is 2. The van der Waals surface area contributed by atoms with E-state index in [2.05, 4.69) is 54.4 Å². The quantitative estimate of drug-likeness (QED) is 0.565. The Morgan fingerprint density at radius 3 is 2.43 bits per heavy atom. The summed E-state index contributed by atoms with van der Waals surface area (Å²) in [6, 6.07) is 16.8. The van der Waals surface area contributed by atoms with E-state index in [1.165, 1.54) is 26.7 Å². The summed E-state index contributed by atoms with van der Waals surface area (Å²) in [7, 11) is 0. The van der Waals surface area contributed by atoms with Gasteiger partial charge in [-0.05, 0) is 25.1 Å². The molecule has 0 aliphatic heterocycles. The first-order chi connectivity index (χ1) is 9.72. The van der Waals surface area contributed by atoms with Crippen LogP contribution in [0.5, 0.6) is 0 Å². The highest BCUT2D eigenvalue weighted by molar-refractivity contribution is 14.0. The summed E-state index contributed by atoms with van der Waals surface area (Å²) in [5.74, 6) is 0. The van der Waals surface area contributed by atoms with E-state index in [0.29, 0.717) is 5.13 Å². The van der Waals surface area contributed by atoms with Crippen molar-refractivity contribution < 1.29 is 0 Å². The van der Waals surface area contributed by atoms with Crippen molar-refractivity contribution in [1.29, 1.82) is 0 Å². The third kappa shape index (κ3) is 3.99. The van der Waals surface area contributed by atoms with Crippen molar-refractivity contribution in [3.05, 3.63) is 59.5 Å². The van der Waals surface area contributed by atoms with Gasteiger partial charge in [-0.25, -0.2) is 4.98 Å². The summed E-state index contributed by atoms with van der Waals surface area (Å²) in [5.41, 5.74) is 9.09. The van der Waals surface area contributed by atoms with Crippen molar-refractivity contribution in [3.8, 4) is 11.3 Å². The van der Waals surface area contributed by atoms with Gasteiger partial charge in [-0.1, -0.05) is 47.7 Å². The largest absolute Gasteiger partial charge is 0.375 e. The number of thiazole rings is 1. The summed E-state index contributed by atoms with van der Waals surface area (Å²) in [6.07, 6.45) is 0. The zero-order valence-electron chi connectivity index (χ0n) is 11.4. The van der Waals surface area contributed by atoms with Crippen LogP contribution in [0.1, 0.15) is 5.56 Å². The van der Waals surface area contributed by atoms with Gasteiger partial charge in [0.1, 0.15) is 0 Å². The van der Waals surface area contributed by atoms with Crippen LogP contribution in [0.2, 0.25) is 0 Å². The van der Waals surface area contributed by atoms with Gasteiger partial charge in [-0.15, -0.1) is 35.3 Å². The molecule has 0 saturated heterocycles. The van der Waals surface area contributed by atoms with Crippen LogP contribution in [0.4, 0.5) is 5.13 Å². The number of nitrogen functional groups attached to an aromatic ring is 1. The molecule has 0 amide bonds. The lowest BCUT2D eigenvalue weighted by molar-refractivity contribution is 1.33. The maximum absolute atomic E-state index is 5.74. The molecule has 1 aromatic heterocycles. The third-order valence-corrected chi connectivity index (χ3v) is 4.69. The van der Waals surface area contributed by atoms with Gasteiger partial charge in [0.05, 0.1) is 5.69 Å². The molecule has 2 nitrogen and oxygen atoms in total. The van der Waals surface area contributed by atoms with Gasteiger partial charge < -0.3 is 5.73 Å². The van der Waals surface area contributed by atoms with Crippen molar-refractivity contribution >= 4 is 52.2 Å². The number of hydrogen-bond donors (Lipinski definition) is 1. The van der Waals surface area contributed by atoms with E-state index in [1.54, 1.807) is 11.8 Å². The minimum Gasteiger partial charge on any atom is -0.375 e. The van der Waals surface area contributed by atoms with Crippen molar-refractivity contribution in [3.63, 3.8) is 0 Å². The monoisotopic (exact) mass is 426 g/mol. The predicted octanol–water partition coefficient (Wildman–Crippen LogP) is 5.47. The van der Waals surface area contributed by atoms with Gasteiger partial charge in [0.2, 0.25) is 0 Å². The molecule has 108 valence electrons. The lowest BCUT2D eigenvalue weighted by atomic mass is 10.2. The number of halogens is 1. The lowest BCUT2D eigenvalue weighted by Crippen LogP contribution is -1.85. The molecule has 0 unspecified atom stereocenters. The fraction of sp³-hybridized carbons (Fsp3) is 0.0625. The van der Waals surface area contributed by atoms with Crippen LogP contribution in [-0.4, -0.2) is 4.98 Å². The van der Waals surface area contributed by atoms with Gasteiger partial charge >= 0.3 is 0 Å². The second-order valence-corrected chi connectivity index (χ2v) is 6.49. The van der Waals surface area contributed by atoms with Gasteiger partial charge in [-0.3, -0.25) is 0 Å². The Balaban J connectivity index is 0.00000161. The normalized spacial score (nSPS) is 10.1. The topological polar surface area (TPSA) is 38.9 Å².